The Balaban J connectivity index is 3.55. The molecule has 15 heavy (non-hydrogen) atoms. The van der Waals surface area contributed by atoms with Crippen molar-refractivity contribution in [3.63, 3.8) is 0 Å². The van der Waals surface area contributed by atoms with Crippen molar-refractivity contribution < 1.29 is 5.11 Å². The van der Waals surface area contributed by atoms with Crippen LogP contribution in [0, 0.1) is 11.3 Å². The van der Waals surface area contributed by atoms with Crippen LogP contribution in [0.3, 0.4) is 0 Å². The molecule has 0 aliphatic heterocycles. The van der Waals surface area contributed by atoms with E-state index < -0.39 is 0 Å². The van der Waals surface area contributed by atoms with Crippen LogP contribution >= 0.6 is 0 Å². The first-order chi connectivity index (χ1) is 6.99. The Morgan fingerprint density at radius 2 is 1.67 bits per heavy atom. The number of unbranched alkanes of at least 4 members (excludes halogenated alkanes) is 2. The van der Waals surface area contributed by atoms with Gasteiger partial charge in [-0.15, -0.1) is 0 Å². The molecule has 0 fully saturated rings. The fourth-order valence-electron chi connectivity index (χ4n) is 1.91. The van der Waals surface area contributed by atoms with Crippen molar-refractivity contribution in [1.29, 1.82) is 0 Å². The molecule has 1 unspecified atom stereocenters. The number of hydrogen-bond donors (Lipinski definition) is 1. The molecule has 0 radical (unpaired) electrons. The molecule has 1 N–H and O–H groups in total. The van der Waals surface area contributed by atoms with Gasteiger partial charge in [0, 0.05) is 6.61 Å². The molecule has 1 nitrogen and oxygen atoms in total. The van der Waals surface area contributed by atoms with Gasteiger partial charge in [-0.2, -0.15) is 0 Å². The molecule has 92 valence electrons. The summed E-state index contributed by atoms with van der Waals surface area (Å²) in [4.78, 5) is 0. The van der Waals surface area contributed by atoms with Crippen molar-refractivity contribution in [3.8, 4) is 0 Å². The van der Waals surface area contributed by atoms with Crippen LogP contribution in [0.5, 0.6) is 0 Å². The monoisotopic (exact) mass is 214 g/mol. The second kappa shape index (κ2) is 8.15. The molecule has 0 saturated heterocycles. The molecule has 0 spiro atoms. The van der Waals surface area contributed by atoms with E-state index in [-0.39, 0.29) is 0 Å². The van der Waals surface area contributed by atoms with Gasteiger partial charge in [0.25, 0.3) is 0 Å². The van der Waals surface area contributed by atoms with Gasteiger partial charge in [-0.25, -0.2) is 0 Å². The number of hydrogen-bond acceptors (Lipinski definition) is 1. The SMILES string of the molecule is CCC(CCCCCO)CCC(C)(C)C. The maximum Gasteiger partial charge on any atom is 0.0431 e. The average molecular weight is 214 g/mol. The van der Waals surface area contributed by atoms with Crippen molar-refractivity contribution in [2.75, 3.05) is 6.61 Å². The molecule has 0 aliphatic rings. The maximum atomic E-state index is 8.70. The molecule has 0 rings (SSSR count). The van der Waals surface area contributed by atoms with Gasteiger partial charge in [0.1, 0.15) is 0 Å². The zero-order valence-electron chi connectivity index (χ0n) is 11.2. The van der Waals surface area contributed by atoms with E-state index in [9.17, 15) is 0 Å². The predicted octanol–water partition coefficient (Wildman–Crippen LogP) is 4.39. The topological polar surface area (TPSA) is 20.2 Å². The highest BCUT2D eigenvalue weighted by Gasteiger charge is 2.13. The highest BCUT2D eigenvalue weighted by atomic mass is 16.2. The maximum absolute atomic E-state index is 8.70. The smallest absolute Gasteiger partial charge is 0.0431 e. The van der Waals surface area contributed by atoms with E-state index in [4.69, 9.17) is 5.11 Å². The largest absolute Gasteiger partial charge is 0.396 e. The lowest BCUT2D eigenvalue weighted by Gasteiger charge is -2.22. The minimum atomic E-state index is 0.360. The third kappa shape index (κ3) is 10.2. The summed E-state index contributed by atoms with van der Waals surface area (Å²) in [7, 11) is 0. The average Bonchev–Trinajstić information content (AvgIpc) is 2.15. The number of aliphatic hydroxyl groups excluding tert-OH is 1. The summed E-state index contributed by atoms with van der Waals surface area (Å²) >= 11 is 0. The predicted molar refractivity (Wildman–Crippen MR) is 68.0 cm³/mol. The van der Waals surface area contributed by atoms with Gasteiger partial charge in [-0.05, 0) is 30.6 Å². The lowest BCUT2D eigenvalue weighted by atomic mass is 9.84. The van der Waals surface area contributed by atoms with Crippen molar-refractivity contribution in [1.82, 2.24) is 0 Å². The molecule has 0 saturated carbocycles. The summed E-state index contributed by atoms with van der Waals surface area (Å²) in [6.45, 7) is 9.64. The summed E-state index contributed by atoms with van der Waals surface area (Å²) in [6.07, 6.45) is 8.86. The van der Waals surface area contributed by atoms with Crippen molar-refractivity contribution >= 4 is 0 Å². The summed E-state index contributed by atoms with van der Waals surface area (Å²) in [5.41, 5.74) is 0.485. The van der Waals surface area contributed by atoms with E-state index in [0.717, 1.165) is 12.3 Å². The Kier molecular flexibility index (Phi) is 8.13. The highest BCUT2D eigenvalue weighted by Crippen LogP contribution is 2.27. The first kappa shape index (κ1) is 15.0. The molecular weight excluding hydrogens is 184 g/mol. The summed E-state index contributed by atoms with van der Waals surface area (Å²) < 4.78 is 0. The van der Waals surface area contributed by atoms with Gasteiger partial charge >= 0.3 is 0 Å². The van der Waals surface area contributed by atoms with E-state index in [0.29, 0.717) is 12.0 Å². The molecule has 0 aromatic rings. The molecule has 0 aromatic heterocycles. The van der Waals surface area contributed by atoms with Crippen LogP contribution in [-0.4, -0.2) is 11.7 Å². The van der Waals surface area contributed by atoms with Gasteiger partial charge < -0.3 is 5.11 Å². The number of rotatable bonds is 8. The van der Waals surface area contributed by atoms with Crippen LogP contribution in [0.25, 0.3) is 0 Å². The Hall–Kier alpha value is -0.0400. The van der Waals surface area contributed by atoms with Gasteiger partial charge in [0.05, 0.1) is 0 Å². The van der Waals surface area contributed by atoms with Crippen LogP contribution in [0.15, 0.2) is 0 Å². The Morgan fingerprint density at radius 1 is 1.00 bits per heavy atom. The highest BCUT2D eigenvalue weighted by molar-refractivity contribution is 4.66. The van der Waals surface area contributed by atoms with E-state index in [1.54, 1.807) is 0 Å². The molecule has 0 heterocycles. The summed E-state index contributed by atoms with van der Waals surface area (Å²) in [5.74, 6) is 0.905. The summed E-state index contributed by atoms with van der Waals surface area (Å²) in [5, 5.41) is 8.70. The second-order valence-electron chi connectivity index (χ2n) is 5.95. The first-order valence-corrected chi connectivity index (χ1v) is 6.60. The summed E-state index contributed by atoms with van der Waals surface area (Å²) in [6, 6.07) is 0. The fourth-order valence-corrected chi connectivity index (χ4v) is 1.91. The molecule has 1 atom stereocenters. The third-order valence-corrected chi connectivity index (χ3v) is 3.15. The minimum absolute atomic E-state index is 0.360. The Labute approximate surface area is 96.3 Å². The quantitative estimate of drug-likeness (QED) is 0.594. The van der Waals surface area contributed by atoms with Gasteiger partial charge in [-0.1, -0.05) is 53.4 Å². The fraction of sp³-hybridized carbons (Fsp3) is 1.00. The van der Waals surface area contributed by atoms with Crippen molar-refractivity contribution in [2.45, 2.75) is 72.6 Å². The van der Waals surface area contributed by atoms with Crippen LogP contribution in [0.2, 0.25) is 0 Å². The normalized spacial score (nSPS) is 14.2. The third-order valence-electron chi connectivity index (χ3n) is 3.15. The Bertz CT molecular complexity index is 135. The van der Waals surface area contributed by atoms with E-state index in [1.165, 1.54) is 38.5 Å². The molecule has 0 amide bonds. The van der Waals surface area contributed by atoms with Gasteiger partial charge in [-0.3, -0.25) is 0 Å². The van der Waals surface area contributed by atoms with Crippen LogP contribution in [0.4, 0.5) is 0 Å². The van der Waals surface area contributed by atoms with Gasteiger partial charge in [0.15, 0.2) is 0 Å². The molecule has 0 bridgehead atoms. The zero-order valence-corrected chi connectivity index (χ0v) is 11.2. The second-order valence-corrected chi connectivity index (χ2v) is 5.95. The van der Waals surface area contributed by atoms with E-state index >= 15 is 0 Å². The zero-order chi connectivity index (χ0) is 11.7. The van der Waals surface area contributed by atoms with E-state index in [1.807, 2.05) is 0 Å². The lowest BCUT2D eigenvalue weighted by Crippen LogP contribution is -2.09. The molecule has 0 aliphatic carbocycles. The van der Waals surface area contributed by atoms with E-state index in [2.05, 4.69) is 27.7 Å². The van der Waals surface area contributed by atoms with Crippen molar-refractivity contribution in [3.05, 3.63) is 0 Å². The molecule has 0 aromatic carbocycles. The number of aliphatic hydroxyl groups is 1. The minimum Gasteiger partial charge on any atom is -0.396 e. The van der Waals surface area contributed by atoms with Crippen LogP contribution in [-0.2, 0) is 0 Å². The molecule has 1 heteroatoms. The molecular formula is C14H30O. The van der Waals surface area contributed by atoms with Gasteiger partial charge in [0.2, 0.25) is 0 Å². The first-order valence-electron chi connectivity index (χ1n) is 6.60. The van der Waals surface area contributed by atoms with Crippen LogP contribution < -0.4 is 0 Å². The van der Waals surface area contributed by atoms with Crippen LogP contribution in [0.1, 0.15) is 72.6 Å². The Morgan fingerprint density at radius 3 is 2.13 bits per heavy atom. The standard InChI is InChI=1S/C14H30O/c1-5-13(9-7-6-8-12-15)10-11-14(2,3)4/h13,15H,5-12H2,1-4H3. The van der Waals surface area contributed by atoms with Crippen molar-refractivity contribution in [2.24, 2.45) is 11.3 Å². The lowest BCUT2D eigenvalue weighted by molar-refractivity contribution is 0.274.